The van der Waals surface area contributed by atoms with E-state index < -0.39 is 0 Å². The summed E-state index contributed by atoms with van der Waals surface area (Å²) < 4.78 is 0.833. The Balaban J connectivity index is 2.11. The SMILES string of the molecule is Cc1cc(NC(=O)c2ccc(Br)cn2)n[nH]1. The van der Waals surface area contributed by atoms with Gasteiger partial charge in [-0.3, -0.25) is 9.89 Å². The minimum atomic E-state index is -0.279. The molecule has 1 amide bonds. The molecular weight excluding hydrogens is 272 g/mol. The number of carbonyl (C=O) groups excluding carboxylic acids is 1. The zero-order valence-electron chi connectivity index (χ0n) is 8.49. The van der Waals surface area contributed by atoms with Gasteiger partial charge >= 0.3 is 0 Å². The smallest absolute Gasteiger partial charge is 0.275 e. The second kappa shape index (κ2) is 4.44. The number of aromatic amines is 1. The van der Waals surface area contributed by atoms with Gasteiger partial charge in [0, 0.05) is 22.4 Å². The van der Waals surface area contributed by atoms with E-state index in [4.69, 9.17) is 0 Å². The van der Waals surface area contributed by atoms with Gasteiger partial charge in [-0.1, -0.05) is 0 Å². The highest BCUT2D eigenvalue weighted by molar-refractivity contribution is 9.10. The summed E-state index contributed by atoms with van der Waals surface area (Å²) in [5.74, 6) is 0.214. The third-order valence-electron chi connectivity index (χ3n) is 1.91. The maximum Gasteiger partial charge on any atom is 0.275 e. The monoisotopic (exact) mass is 280 g/mol. The van der Waals surface area contributed by atoms with Crippen LogP contribution in [0.25, 0.3) is 0 Å². The van der Waals surface area contributed by atoms with E-state index in [2.05, 4.69) is 36.4 Å². The maximum absolute atomic E-state index is 11.7. The molecule has 0 bridgehead atoms. The van der Waals surface area contributed by atoms with Crippen LogP contribution in [-0.4, -0.2) is 21.1 Å². The van der Waals surface area contributed by atoms with Crippen molar-refractivity contribution in [1.82, 2.24) is 15.2 Å². The van der Waals surface area contributed by atoms with Crippen molar-refractivity contribution in [2.75, 3.05) is 5.32 Å². The van der Waals surface area contributed by atoms with E-state index >= 15 is 0 Å². The van der Waals surface area contributed by atoms with Crippen LogP contribution in [0.2, 0.25) is 0 Å². The summed E-state index contributed by atoms with van der Waals surface area (Å²) >= 11 is 3.25. The van der Waals surface area contributed by atoms with Gasteiger partial charge in [-0.15, -0.1) is 0 Å². The molecule has 6 heteroatoms. The Bertz CT molecular complexity index is 506. The van der Waals surface area contributed by atoms with Crippen LogP contribution < -0.4 is 5.32 Å². The van der Waals surface area contributed by atoms with Gasteiger partial charge in [-0.05, 0) is 35.0 Å². The highest BCUT2D eigenvalue weighted by Crippen LogP contribution is 2.09. The maximum atomic E-state index is 11.7. The lowest BCUT2D eigenvalue weighted by Crippen LogP contribution is -2.13. The molecule has 2 aromatic heterocycles. The van der Waals surface area contributed by atoms with Crippen LogP contribution in [0.3, 0.4) is 0 Å². The van der Waals surface area contributed by atoms with Crippen molar-refractivity contribution < 1.29 is 4.79 Å². The minimum absolute atomic E-state index is 0.279. The molecule has 5 nitrogen and oxygen atoms in total. The van der Waals surface area contributed by atoms with Crippen molar-refractivity contribution in [3.05, 3.63) is 40.3 Å². The highest BCUT2D eigenvalue weighted by atomic mass is 79.9. The molecule has 0 spiro atoms. The van der Waals surface area contributed by atoms with E-state index in [0.29, 0.717) is 11.5 Å². The van der Waals surface area contributed by atoms with Gasteiger partial charge in [0.15, 0.2) is 5.82 Å². The summed E-state index contributed by atoms with van der Waals surface area (Å²) in [6.07, 6.45) is 1.57. The van der Waals surface area contributed by atoms with Crippen LogP contribution >= 0.6 is 15.9 Å². The zero-order valence-corrected chi connectivity index (χ0v) is 10.1. The fourth-order valence-corrected chi connectivity index (χ4v) is 1.41. The molecule has 0 aliphatic rings. The van der Waals surface area contributed by atoms with Crippen molar-refractivity contribution >= 4 is 27.7 Å². The molecule has 0 aliphatic heterocycles. The van der Waals surface area contributed by atoms with Crippen LogP contribution in [0.15, 0.2) is 28.9 Å². The summed E-state index contributed by atoms with van der Waals surface area (Å²) in [6, 6.07) is 5.15. The lowest BCUT2D eigenvalue weighted by molar-refractivity contribution is 0.102. The molecule has 16 heavy (non-hydrogen) atoms. The van der Waals surface area contributed by atoms with Crippen LogP contribution in [0.5, 0.6) is 0 Å². The summed E-state index contributed by atoms with van der Waals surface area (Å²) in [5.41, 5.74) is 1.24. The quantitative estimate of drug-likeness (QED) is 0.885. The van der Waals surface area contributed by atoms with E-state index in [1.165, 1.54) is 0 Å². The van der Waals surface area contributed by atoms with E-state index in [0.717, 1.165) is 10.2 Å². The largest absolute Gasteiger partial charge is 0.304 e. The number of nitrogens with one attached hydrogen (secondary N) is 2. The lowest BCUT2D eigenvalue weighted by atomic mass is 10.3. The minimum Gasteiger partial charge on any atom is -0.304 e. The first-order valence-electron chi connectivity index (χ1n) is 4.60. The molecule has 2 rings (SSSR count). The Morgan fingerprint density at radius 1 is 1.50 bits per heavy atom. The van der Waals surface area contributed by atoms with Gasteiger partial charge in [0.05, 0.1) is 0 Å². The standard InChI is InChI=1S/C10H9BrN4O/c1-6-4-9(15-14-6)13-10(16)8-3-2-7(11)5-12-8/h2-5H,1H3,(H2,13,14,15,16). The van der Waals surface area contributed by atoms with E-state index in [1.807, 2.05) is 6.92 Å². The highest BCUT2D eigenvalue weighted by Gasteiger charge is 2.08. The van der Waals surface area contributed by atoms with Gasteiger partial charge in [-0.2, -0.15) is 5.10 Å². The van der Waals surface area contributed by atoms with E-state index in [9.17, 15) is 4.79 Å². The Hall–Kier alpha value is -1.69. The molecule has 2 heterocycles. The number of amides is 1. The van der Waals surface area contributed by atoms with Crippen molar-refractivity contribution in [2.24, 2.45) is 0 Å². The number of H-pyrrole nitrogens is 1. The van der Waals surface area contributed by atoms with Gasteiger partial charge in [0.2, 0.25) is 0 Å². The molecule has 0 unspecified atom stereocenters. The topological polar surface area (TPSA) is 70.7 Å². The summed E-state index contributed by atoms with van der Waals surface area (Å²) in [4.78, 5) is 15.7. The molecule has 0 atom stereocenters. The van der Waals surface area contributed by atoms with Crippen LogP contribution in [0.4, 0.5) is 5.82 Å². The Morgan fingerprint density at radius 3 is 2.88 bits per heavy atom. The molecule has 0 saturated carbocycles. The molecule has 2 aromatic rings. The lowest BCUT2D eigenvalue weighted by Gasteiger charge is -2.00. The average molecular weight is 281 g/mol. The molecule has 0 aliphatic carbocycles. The van der Waals surface area contributed by atoms with Gasteiger partial charge < -0.3 is 5.32 Å². The Kier molecular flexibility index (Phi) is 3.00. The predicted octanol–water partition coefficient (Wildman–Crippen LogP) is 2.13. The molecule has 0 radical (unpaired) electrons. The second-order valence-electron chi connectivity index (χ2n) is 3.25. The predicted molar refractivity (Wildman–Crippen MR) is 63.2 cm³/mol. The molecular formula is C10H9BrN4O. The third-order valence-corrected chi connectivity index (χ3v) is 2.38. The molecule has 82 valence electrons. The van der Waals surface area contributed by atoms with Gasteiger partial charge in [0.25, 0.3) is 5.91 Å². The number of hydrogen-bond acceptors (Lipinski definition) is 3. The number of nitrogens with zero attached hydrogens (tertiary/aromatic N) is 2. The van der Waals surface area contributed by atoms with Crippen LogP contribution in [0.1, 0.15) is 16.2 Å². The van der Waals surface area contributed by atoms with Crippen molar-refractivity contribution in [3.8, 4) is 0 Å². The molecule has 0 fully saturated rings. The number of hydrogen-bond donors (Lipinski definition) is 2. The summed E-state index contributed by atoms with van der Waals surface area (Å²) in [6.45, 7) is 1.86. The van der Waals surface area contributed by atoms with Crippen molar-refractivity contribution in [1.29, 1.82) is 0 Å². The first-order valence-corrected chi connectivity index (χ1v) is 5.39. The van der Waals surface area contributed by atoms with Crippen LogP contribution in [-0.2, 0) is 0 Å². The normalized spacial score (nSPS) is 10.1. The summed E-state index contributed by atoms with van der Waals surface area (Å²) in [5, 5.41) is 9.29. The second-order valence-corrected chi connectivity index (χ2v) is 4.17. The number of anilines is 1. The fourth-order valence-electron chi connectivity index (χ4n) is 1.17. The van der Waals surface area contributed by atoms with Crippen molar-refractivity contribution in [2.45, 2.75) is 6.92 Å². The average Bonchev–Trinajstić information content (AvgIpc) is 2.65. The van der Waals surface area contributed by atoms with E-state index in [1.54, 1.807) is 24.4 Å². The van der Waals surface area contributed by atoms with Crippen LogP contribution in [0, 0.1) is 6.92 Å². The number of halogens is 1. The summed E-state index contributed by atoms with van der Waals surface area (Å²) in [7, 11) is 0. The number of aromatic nitrogens is 3. The first-order chi connectivity index (χ1) is 7.65. The number of rotatable bonds is 2. The molecule has 2 N–H and O–H groups in total. The first kappa shape index (κ1) is 10.8. The van der Waals surface area contributed by atoms with Gasteiger partial charge in [0.1, 0.15) is 5.69 Å². The number of carbonyl (C=O) groups is 1. The van der Waals surface area contributed by atoms with E-state index in [-0.39, 0.29) is 5.91 Å². The number of pyridine rings is 1. The van der Waals surface area contributed by atoms with Gasteiger partial charge in [-0.25, -0.2) is 4.98 Å². The van der Waals surface area contributed by atoms with Crippen molar-refractivity contribution in [3.63, 3.8) is 0 Å². The fraction of sp³-hybridized carbons (Fsp3) is 0.100. The third kappa shape index (κ3) is 2.46. The Morgan fingerprint density at radius 2 is 2.31 bits per heavy atom. The Labute approximate surface area is 100 Å². The molecule has 0 aromatic carbocycles. The molecule has 0 saturated heterocycles. The zero-order chi connectivity index (χ0) is 11.5. The number of aryl methyl sites for hydroxylation is 1.